The Morgan fingerprint density at radius 1 is 0.727 bits per heavy atom. The highest BCUT2D eigenvalue weighted by Gasteiger charge is 1.85. The minimum atomic E-state index is 0. The Labute approximate surface area is 78.1 Å². The van der Waals surface area contributed by atoms with Crippen LogP contribution in [0.1, 0.15) is 0 Å². The summed E-state index contributed by atoms with van der Waals surface area (Å²) in [6, 6.07) is 0. The number of halogens is 2. The molecular formula is C4H14Cl2N2O3. The van der Waals surface area contributed by atoms with Crippen LogP contribution in [0.15, 0.2) is 0 Å². The highest BCUT2D eigenvalue weighted by atomic mass is 35.5. The molecule has 0 spiro atoms. The molecule has 0 saturated carbocycles. The second kappa shape index (κ2) is 16.8. The highest BCUT2D eigenvalue weighted by Crippen LogP contribution is 1.73. The van der Waals surface area contributed by atoms with E-state index in [1.54, 1.807) is 0 Å². The molecule has 0 saturated heterocycles. The molecule has 0 aromatic carbocycles. The van der Waals surface area contributed by atoms with Crippen molar-refractivity contribution in [2.24, 2.45) is 11.8 Å². The van der Waals surface area contributed by atoms with Crippen molar-refractivity contribution in [3.63, 3.8) is 0 Å². The van der Waals surface area contributed by atoms with Gasteiger partial charge in [0, 0.05) is 0 Å². The lowest BCUT2D eigenvalue weighted by atomic mass is 10.7. The molecule has 0 fully saturated rings. The van der Waals surface area contributed by atoms with Crippen LogP contribution in [0.4, 0.5) is 0 Å². The summed E-state index contributed by atoms with van der Waals surface area (Å²) in [5, 5.41) is 0. The smallest absolute Gasteiger partial charge is 0.0913 e. The van der Waals surface area contributed by atoms with Crippen LogP contribution in [0.25, 0.3) is 0 Å². The summed E-state index contributed by atoms with van der Waals surface area (Å²) < 4.78 is 4.90. The fraction of sp³-hybridized carbons (Fsp3) is 1.00. The van der Waals surface area contributed by atoms with E-state index in [4.69, 9.17) is 16.5 Å². The molecule has 0 aliphatic heterocycles. The first-order valence-electron chi connectivity index (χ1n) is 2.63. The minimum Gasteiger partial charge on any atom is -0.377 e. The van der Waals surface area contributed by atoms with Crippen LogP contribution < -0.4 is 11.8 Å². The molecule has 0 atom stereocenters. The van der Waals surface area contributed by atoms with Crippen molar-refractivity contribution < 1.29 is 14.4 Å². The number of hydrogen-bond acceptors (Lipinski definition) is 5. The van der Waals surface area contributed by atoms with Crippen molar-refractivity contribution >= 4 is 24.8 Å². The third kappa shape index (κ3) is 17.9. The summed E-state index contributed by atoms with van der Waals surface area (Å²) in [6.07, 6.45) is 0. The van der Waals surface area contributed by atoms with E-state index in [9.17, 15) is 0 Å². The first-order valence-corrected chi connectivity index (χ1v) is 2.63. The van der Waals surface area contributed by atoms with Crippen LogP contribution in [0.3, 0.4) is 0 Å². The quantitative estimate of drug-likeness (QED) is 0.460. The van der Waals surface area contributed by atoms with Crippen molar-refractivity contribution in [1.29, 1.82) is 0 Å². The first-order chi connectivity index (χ1) is 4.41. The van der Waals surface area contributed by atoms with Crippen molar-refractivity contribution in [1.82, 2.24) is 0 Å². The van der Waals surface area contributed by atoms with Gasteiger partial charge in [0.05, 0.1) is 26.4 Å². The van der Waals surface area contributed by atoms with E-state index in [0.717, 1.165) is 0 Å². The monoisotopic (exact) mass is 208 g/mol. The van der Waals surface area contributed by atoms with Gasteiger partial charge in [0.25, 0.3) is 0 Å². The van der Waals surface area contributed by atoms with Gasteiger partial charge in [0.15, 0.2) is 0 Å². The van der Waals surface area contributed by atoms with Crippen LogP contribution in [-0.2, 0) is 14.4 Å². The van der Waals surface area contributed by atoms with Gasteiger partial charge in [-0.3, -0.25) is 0 Å². The minimum absolute atomic E-state index is 0. The molecule has 0 aromatic heterocycles. The average Bonchev–Trinajstić information content (AvgIpc) is 1.89. The third-order valence-corrected chi connectivity index (χ3v) is 0.691. The predicted octanol–water partition coefficient (Wildman–Crippen LogP) is -0.373. The molecule has 7 heteroatoms. The molecule has 72 valence electrons. The Morgan fingerprint density at radius 2 is 1.09 bits per heavy atom. The Kier molecular flexibility index (Phi) is 26.6. The van der Waals surface area contributed by atoms with E-state index >= 15 is 0 Å². The van der Waals surface area contributed by atoms with Gasteiger partial charge >= 0.3 is 0 Å². The SMILES string of the molecule is Cl.Cl.NOCCOCCON. The Morgan fingerprint density at radius 3 is 1.36 bits per heavy atom. The van der Waals surface area contributed by atoms with Crippen molar-refractivity contribution in [3.8, 4) is 0 Å². The maximum Gasteiger partial charge on any atom is 0.0913 e. The van der Waals surface area contributed by atoms with E-state index in [0.29, 0.717) is 26.4 Å². The fourth-order valence-electron chi connectivity index (χ4n) is 0.316. The lowest BCUT2D eigenvalue weighted by Crippen LogP contribution is -2.12. The number of hydrogen-bond donors (Lipinski definition) is 2. The molecule has 4 N–H and O–H groups in total. The summed E-state index contributed by atoms with van der Waals surface area (Å²) in [4.78, 5) is 8.45. The molecule has 0 bridgehead atoms. The van der Waals surface area contributed by atoms with E-state index in [2.05, 4.69) is 9.68 Å². The maximum atomic E-state index is 4.90. The van der Waals surface area contributed by atoms with E-state index in [-0.39, 0.29) is 24.8 Å². The molecular weight excluding hydrogens is 195 g/mol. The van der Waals surface area contributed by atoms with Gasteiger partial charge in [-0.15, -0.1) is 24.8 Å². The van der Waals surface area contributed by atoms with E-state index in [1.165, 1.54) is 0 Å². The van der Waals surface area contributed by atoms with Crippen LogP contribution in [-0.4, -0.2) is 26.4 Å². The Hall–Kier alpha value is 0.380. The Balaban J connectivity index is -0.000000320. The van der Waals surface area contributed by atoms with Gasteiger partial charge in [-0.1, -0.05) is 0 Å². The zero-order valence-electron chi connectivity index (χ0n) is 6.02. The summed E-state index contributed by atoms with van der Waals surface area (Å²) in [5.74, 6) is 9.41. The van der Waals surface area contributed by atoms with Gasteiger partial charge in [-0.25, -0.2) is 11.8 Å². The molecule has 0 amide bonds. The van der Waals surface area contributed by atoms with Crippen molar-refractivity contribution in [2.75, 3.05) is 26.4 Å². The zero-order valence-corrected chi connectivity index (χ0v) is 7.66. The summed E-state index contributed by atoms with van der Waals surface area (Å²) in [7, 11) is 0. The van der Waals surface area contributed by atoms with Crippen molar-refractivity contribution in [2.45, 2.75) is 0 Å². The zero-order chi connectivity index (χ0) is 6.95. The maximum absolute atomic E-state index is 4.90. The van der Waals surface area contributed by atoms with Gasteiger partial charge in [0.2, 0.25) is 0 Å². The van der Waals surface area contributed by atoms with Crippen LogP contribution in [0, 0.1) is 0 Å². The largest absolute Gasteiger partial charge is 0.377 e. The lowest BCUT2D eigenvalue weighted by molar-refractivity contribution is 0.0140. The first kappa shape index (κ1) is 17.5. The summed E-state index contributed by atoms with van der Waals surface area (Å²) in [6.45, 7) is 1.73. The normalized spacial score (nSPS) is 8.18. The average molecular weight is 209 g/mol. The van der Waals surface area contributed by atoms with Gasteiger partial charge in [0.1, 0.15) is 0 Å². The predicted molar refractivity (Wildman–Crippen MR) is 45.6 cm³/mol. The lowest BCUT2D eigenvalue weighted by Gasteiger charge is -1.99. The molecule has 0 radical (unpaired) electrons. The second-order valence-corrected chi connectivity index (χ2v) is 1.35. The fourth-order valence-corrected chi connectivity index (χ4v) is 0.316. The van der Waals surface area contributed by atoms with E-state index in [1.807, 2.05) is 0 Å². The van der Waals surface area contributed by atoms with Crippen LogP contribution >= 0.6 is 24.8 Å². The molecule has 0 aliphatic carbocycles. The second-order valence-electron chi connectivity index (χ2n) is 1.35. The number of ether oxygens (including phenoxy) is 1. The number of rotatable bonds is 6. The van der Waals surface area contributed by atoms with Gasteiger partial charge < -0.3 is 14.4 Å². The van der Waals surface area contributed by atoms with Gasteiger partial charge in [-0.2, -0.15) is 0 Å². The molecule has 0 aliphatic rings. The summed E-state index contributed by atoms with van der Waals surface area (Å²) >= 11 is 0. The van der Waals surface area contributed by atoms with Gasteiger partial charge in [-0.05, 0) is 0 Å². The molecule has 11 heavy (non-hydrogen) atoms. The number of nitrogens with two attached hydrogens (primary N) is 2. The van der Waals surface area contributed by atoms with Crippen molar-refractivity contribution in [3.05, 3.63) is 0 Å². The van der Waals surface area contributed by atoms with E-state index < -0.39 is 0 Å². The molecule has 0 heterocycles. The third-order valence-electron chi connectivity index (χ3n) is 0.691. The molecule has 5 nitrogen and oxygen atoms in total. The highest BCUT2D eigenvalue weighted by molar-refractivity contribution is 5.85. The van der Waals surface area contributed by atoms with Crippen LogP contribution in [0.2, 0.25) is 0 Å². The Bertz CT molecular complexity index is 54.6. The topological polar surface area (TPSA) is 79.7 Å². The standard InChI is InChI=1S/C4H12N2O3.2ClH/c5-8-3-1-7-2-4-9-6;;/h1-6H2;2*1H. The molecule has 0 aromatic rings. The molecule has 0 unspecified atom stereocenters. The van der Waals surface area contributed by atoms with Crippen LogP contribution in [0.5, 0.6) is 0 Å². The molecule has 0 rings (SSSR count). The summed E-state index contributed by atoms with van der Waals surface area (Å²) in [5.41, 5.74) is 0.